The third-order valence-corrected chi connectivity index (χ3v) is 4.57. The molecule has 0 aliphatic heterocycles. The summed E-state index contributed by atoms with van der Waals surface area (Å²) in [5.41, 5.74) is 1.40. The summed E-state index contributed by atoms with van der Waals surface area (Å²) in [5.74, 6) is 0.628. The lowest BCUT2D eigenvalue weighted by Crippen LogP contribution is -2.29. The second-order valence-electron chi connectivity index (χ2n) is 6.76. The number of ether oxygens (including phenoxy) is 2. The third kappa shape index (κ3) is 5.81. The zero-order valence-electron chi connectivity index (χ0n) is 17.6. The van der Waals surface area contributed by atoms with Crippen LogP contribution in [0.15, 0.2) is 53.1 Å². The molecule has 2 amide bonds. The van der Waals surface area contributed by atoms with E-state index in [2.05, 4.69) is 15.5 Å². The molecule has 0 saturated carbocycles. The first-order chi connectivity index (χ1) is 15.0. The standard InChI is InChI=1S/C22H24N4O5/c1-26(22(28)16-11-17(29-2)13-18(12-16)30-3)10-9-19-24-21(31-25-19)20(27)23-14-15-7-5-4-6-8-15/h4-8,11-13H,9-10,14H2,1-3H3,(H,23,27). The summed E-state index contributed by atoms with van der Waals surface area (Å²) in [5, 5.41) is 6.56. The fraction of sp³-hybridized carbons (Fsp3) is 0.273. The summed E-state index contributed by atoms with van der Waals surface area (Å²) in [6.45, 7) is 0.696. The number of amides is 2. The van der Waals surface area contributed by atoms with Crippen LogP contribution in [-0.2, 0) is 13.0 Å². The van der Waals surface area contributed by atoms with Gasteiger partial charge in [0, 0.05) is 38.2 Å². The van der Waals surface area contributed by atoms with Crippen LogP contribution in [0.1, 0.15) is 32.4 Å². The molecule has 0 atom stereocenters. The number of nitrogens with one attached hydrogen (secondary N) is 1. The average molecular weight is 424 g/mol. The van der Waals surface area contributed by atoms with Crippen molar-refractivity contribution in [3.8, 4) is 11.5 Å². The second kappa shape index (κ2) is 10.2. The normalized spacial score (nSPS) is 10.4. The molecule has 0 bridgehead atoms. The molecular weight excluding hydrogens is 400 g/mol. The smallest absolute Gasteiger partial charge is 0.315 e. The van der Waals surface area contributed by atoms with Gasteiger partial charge >= 0.3 is 11.8 Å². The number of carbonyl (C=O) groups is 2. The number of aromatic nitrogens is 2. The molecule has 3 aromatic rings. The van der Waals surface area contributed by atoms with Crippen LogP contribution in [0, 0.1) is 0 Å². The molecule has 162 valence electrons. The highest BCUT2D eigenvalue weighted by Gasteiger charge is 2.18. The van der Waals surface area contributed by atoms with E-state index in [9.17, 15) is 9.59 Å². The number of hydrogen-bond donors (Lipinski definition) is 1. The van der Waals surface area contributed by atoms with Gasteiger partial charge in [0.05, 0.1) is 14.2 Å². The SMILES string of the molecule is COc1cc(OC)cc(C(=O)N(C)CCc2noc(C(=O)NCc3ccccc3)n2)c1. The predicted molar refractivity (Wildman–Crippen MR) is 112 cm³/mol. The Morgan fingerprint density at radius 3 is 2.39 bits per heavy atom. The van der Waals surface area contributed by atoms with Gasteiger partial charge < -0.3 is 24.2 Å². The summed E-state index contributed by atoms with van der Waals surface area (Å²) in [7, 11) is 4.72. The first-order valence-corrected chi connectivity index (χ1v) is 9.63. The lowest BCUT2D eigenvalue weighted by Gasteiger charge is -2.17. The molecule has 9 heteroatoms. The van der Waals surface area contributed by atoms with Crippen molar-refractivity contribution in [1.29, 1.82) is 0 Å². The van der Waals surface area contributed by atoms with Gasteiger partial charge in [-0.05, 0) is 17.7 Å². The number of methoxy groups -OCH3 is 2. The fourth-order valence-electron chi connectivity index (χ4n) is 2.82. The van der Waals surface area contributed by atoms with Crippen molar-refractivity contribution < 1.29 is 23.6 Å². The molecule has 0 fully saturated rings. The van der Waals surface area contributed by atoms with Crippen LogP contribution >= 0.6 is 0 Å². The average Bonchev–Trinajstić information content (AvgIpc) is 3.30. The summed E-state index contributed by atoms with van der Waals surface area (Å²) >= 11 is 0. The maximum atomic E-state index is 12.7. The molecule has 0 aliphatic carbocycles. The Labute approximate surface area is 180 Å². The number of rotatable bonds is 9. The summed E-state index contributed by atoms with van der Waals surface area (Å²) in [6, 6.07) is 14.5. The van der Waals surface area contributed by atoms with E-state index >= 15 is 0 Å². The third-order valence-electron chi connectivity index (χ3n) is 4.57. The van der Waals surface area contributed by atoms with E-state index in [0.29, 0.717) is 42.4 Å². The van der Waals surface area contributed by atoms with Gasteiger partial charge in [0.15, 0.2) is 5.82 Å². The van der Waals surface area contributed by atoms with Crippen LogP contribution in [0.2, 0.25) is 0 Å². The zero-order chi connectivity index (χ0) is 22.2. The van der Waals surface area contributed by atoms with Gasteiger partial charge in [0.25, 0.3) is 5.91 Å². The summed E-state index contributed by atoms with van der Waals surface area (Å²) in [4.78, 5) is 30.6. The van der Waals surface area contributed by atoms with Crippen molar-refractivity contribution in [3.63, 3.8) is 0 Å². The largest absolute Gasteiger partial charge is 0.497 e. The van der Waals surface area contributed by atoms with Crippen molar-refractivity contribution in [3.05, 3.63) is 71.4 Å². The first kappa shape index (κ1) is 21.8. The van der Waals surface area contributed by atoms with Crippen molar-refractivity contribution in [1.82, 2.24) is 20.4 Å². The van der Waals surface area contributed by atoms with E-state index in [1.165, 1.54) is 19.1 Å². The fourth-order valence-corrected chi connectivity index (χ4v) is 2.82. The molecule has 9 nitrogen and oxygen atoms in total. The minimum Gasteiger partial charge on any atom is -0.497 e. The van der Waals surface area contributed by atoms with Gasteiger partial charge in [-0.3, -0.25) is 9.59 Å². The lowest BCUT2D eigenvalue weighted by atomic mass is 10.1. The van der Waals surface area contributed by atoms with Crippen molar-refractivity contribution in [2.45, 2.75) is 13.0 Å². The van der Waals surface area contributed by atoms with Crippen molar-refractivity contribution >= 4 is 11.8 Å². The number of hydrogen-bond acceptors (Lipinski definition) is 7. The van der Waals surface area contributed by atoms with Crippen molar-refractivity contribution in [2.75, 3.05) is 27.8 Å². The molecule has 2 aromatic carbocycles. The van der Waals surface area contributed by atoms with Gasteiger partial charge in [-0.2, -0.15) is 4.98 Å². The quantitative estimate of drug-likeness (QED) is 0.562. The lowest BCUT2D eigenvalue weighted by molar-refractivity contribution is 0.0794. The maximum Gasteiger partial charge on any atom is 0.315 e. The molecular formula is C22H24N4O5. The molecule has 0 spiro atoms. The molecule has 31 heavy (non-hydrogen) atoms. The van der Waals surface area contributed by atoms with E-state index in [1.54, 1.807) is 25.2 Å². The molecule has 1 heterocycles. The van der Waals surface area contributed by atoms with Crippen LogP contribution in [-0.4, -0.2) is 54.7 Å². The van der Waals surface area contributed by atoms with Gasteiger partial charge in [-0.1, -0.05) is 35.5 Å². The number of nitrogens with zero attached hydrogens (tertiary/aromatic N) is 3. The molecule has 3 rings (SSSR count). The Bertz CT molecular complexity index is 1010. The van der Waals surface area contributed by atoms with E-state index in [1.807, 2.05) is 30.3 Å². The van der Waals surface area contributed by atoms with Crippen LogP contribution < -0.4 is 14.8 Å². The Hall–Kier alpha value is -3.88. The minimum atomic E-state index is -0.449. The van der Waals surface area contributed by atoms with Crippen LogP contribution in [0.5, 0.6) is 11.5 Å². The van der Waals surface area contributed by atoms with Crippen LogP contribution in [0.4, 0.5) is 0 Å². The Kier molecular flexibility index (Phi) is 7.21. The molecule has 0 radical (unpaired) electrons. The van der Waals surface area contributed by atoms with Gasteiger partial charge in [0.2, 0.25) is 0 Å². The van der Waals surface area contributed by atoms with Gasteiger partial charge in [0.1, 0.15) is 11.5 Å². The van der Waals surface area contributed by atoms with Gasteiger partial charge in [-0.15, -0.1) is 0 Å². The molecule has 0 aliphatic rings. The Morgan fingerprint density at radius 2 is 1.74 bits per heavy atom. The highest BCUT2D eigenvalue weighted by Crippen LogP contribution is 2.23. The topological polar surface area (TPSA) is 107 Å². The highest BCUT2D eigenvalue weighted by molar-refractivity contribution is 5.95. The number of benzene rings is 2. The molecule has 0 unspecified atom stereocenters. The van der Waals surface area contributed by atoms with E-state index in [-0.39, 0.29) is 11.8 Å². The minimum absolute atomic E-state index is 0.113. The molecule has 1 aromatic heterocycles. The summed E-state index contributed by atoms with van der Waals surface area (Å²) in [6.07, 6.45) is 0.332. The Balaban J connectivity index is 1.55. The molecule has 0 saturated heterocycles. The van der Waals surface area contributed by atoms with Crippen LogP contribution in [0.25, 0.3) is 0 Å². The van der Waals surface area contributed by atoms with Crippen molar-refractivity contribution in [2.24, 2.45) is 0 Å². The zero-order valence-corrected chi connectivity index (χ0v) is 17.6. The maximum absolute atomic E-state index is 12.7. The molecule has 1 N–H and O–H groups in total. The van der Waals surface area contributed by atoms with Gasteiger partial charge in [-0.25, -0.2) is 0 Å². The van der Waals surface area contributed by atoms with E-state index < -0.39 is 5.91 Å². The van der Waals surface area contributed by atoms with E-state index in [0.717, 1.165) is 5.56 Å². The number of likely N-dealkylation sites (N-methyl/N-ethyl adjacent to an activating group) is 1. The predicted octanol–water partition coefficient (Wildman–Crippen LogP) is 2.33. The highest BCUT2D eigenvalue weighted by atomic mass is 16.5. The second-order valence-corrected chi connectivity index (χ2v) is 6.76. The van der Waals surface area contributed by atoms with E-state index in [4.69, 9.17) is 14.0 Å². The summed E-state index contributed by atoms with van der Waals surface area (Å²) < 4.78 is 15.5. The monoisotopic (exact) mass is 424 g/mol. The Morgan fingerprint density at radius 1 is 1.06 bits per heavy atom. The van der Waals surface area contributed by atoms with Crippen LogP contribution in [0.3, 0.4) is 0 Å². The number of carbonyl (C=O) groups excluding carboxylic acids is 2. The first-order valence-electron chi connectivity index (χ1n) is 9.63.